The number of aliphatic carboxylic acids is 2. The van der Waals surface area contributed by atoms with Crippen LogP contribution in [0, 0.1) is 0 Å². The van der Waals surface area contributed by atoms with E-state index >= 15 is 0 Å². The quantitative estimate of drug-likeness (QED) is 0.520. The molecule has 6 nitrogen and oxygen atoms in total. The van der Waals surface area contributed by atoms with Gasteiger partial charge in [0, 0.05) is 11.9 Å². The van der Waals surface area contributed by atoms with E-state index in [0.29, 0.717) is 0 Å². The molecule has 0 aliphatic carbocycles. The van der Waals surface area contributed by atoms with Crippen molar-refractivity contribution in [3.8, 4) is 0 Å². The molecule has 1 aromatic rings. The van der Waals surface area contributed by atoms with Crippen LogP contribution in [0.25, 0.3) is 5.73 Å². The number of rotatable bonds is 1. The van der Waals surface area contributed by atoms with Crippen molar-refractivity contribution in [3.05, 3.63) is 35.8 Å². The molecule has 1 rings (SSSR count). The van der Waals surface area contributed by atoms with Gasteiger partial charge in [0.25, 0.3) is 0 Å². The molecule has 0 aromatic carbocycles. The fourth-order valence-electron chi connectivity index (χ4n) is 0.503. The first kappa shape index (κ1) is 16.2. The Morgan fingerprint density at radius 3 is 2.00 bits per heavy atom. The molecule has 0 spiro atoms. The molecule has 0 saturated heterocycles. The van der Waals surface area contributed by atoms with Gasteiger partial charge in [0.2, 0.25) is 0 Å². The number of aromatic nitrogens is 1. The van der Waals surface area contributed by atoms with Crippen LogP contribution in [0.5, 0.6) is 0 Å². The molecule has 1 aromatic heterocycles. The van der Waals surface area contributed by atoms with Crippen LogP contribution in [-0.4, -0.2) is 16.9 Å². The molecule has 0 radical (unpaired) electrons. The van der Waals surface area contributed by atoms with Crippen molar-refractivity contribution in [2.75, 3.05) is 0 Å². The van der Waals surface area contributed by atoms with Gasteiger partial charge in [0.1, 0.15) is 0 Å². The van der Waals surface area contributed by atoms with Crippen LogP contribution < -0.4 is 10.2 Å². The van der Waals surface area contributed by atoms with E-state index in [1.54, 1.807) is 6.20 Å². The van der Waals surface area contributed by atoms with E-state index in [1.165, 1.54) is 0 Å². The minimum atomic E-state index is -2.19. The van der Waals surface area contributed by atoms with Crippen LogP contribution in [0.1, 0.15) is 5.69 Å². The summed E-state index contributed by atoms with van der Waals surface area (Å²) >= 11 is 0. The topological polar surface area (TPSA) is 117 Å². The summed E-state index contributed by atoms with van der Waals surface area (Å²) in [7, 11) is 0. The summed E-state index contributed by atoms with van der Waals surface area (Å²) in [5.41, 5.74) is 7.71. The first-order valence-corrected chi connectivity index (χ1v) is 3.54. The molecule has 0 fully saturated rings. The van der Waals surface area contributed by atoms with Crippen molar-refractivity contribution >= 4 is 11.9 Å². The van der Waals surface area contributed by atoms with E-state index in [9.17, 15) is 0 Å². The van der Waals surface area contributed by atoms with Crippen LogP contribution in [-0.2, 0) is 37.2 Å². The van der Waals surface area contributed by atoms with Crippen molar-refractivity contribution in [2.24, 2.45) is 0 Å². The fraction of sp³-hybridized carbons (Fsp3) is 0.125. The molecule has 1 heterocycles. The zero-order valence-corrected chi connectivity index (χ0v) is 9.69. The predicted molar refractivity (Wildman–Crippen MR) is 42.3 cm³/mol. The Hall–Kier alpha value is -1.26. The monoisotopic (exact) mass is 390 g/mol. The largest absolute Gasteiger partial charge is 2.00 e. The van der Waals surface area contributed by atoms with Gasteiger partial charge in [-0.2, -0.15) is 0 Å². The minimum absolute atomic E-state index is 0. The Morgan fingerprint density at radius 1 is 1.27 bits per heavy atom. The van der Waals surface area contributed by atoms with E-state index < -0.39 is 11.9 Å². The molecule has 0 aliphatic rings. The van der Waals surface area contributed by atoms with Gasteiger partial charge in [-0.25, -0.2) is 0 Å². The maximum absolute atomic E-state index is 8.93. The maximum Gasteiger partial charge on any atom is 2.00 e. The van der Waals surface area contributed by atoms with Gasteiger partial charge in [-0.15, -0.1) is 6.54 Å². The van der Waals surface area contributed by atoms with Crippen LogP contribution in [0.4, 0.5) is 0 Å². The van der Waals surface area contributed by atoms with Crippen molar-refractivity contribution in [1.82, 2.24) is 4.98 Å². The SMILES string of the molecule is O=C([O-])C(=O)[O-].[NH-]Cc1ccccn1.[Pt+2]. The molecule has 84 valence electrons. The minimum Gasteiger partial charge on any atom is -0.672 e. The third-order valence-corrected chi connectivity index (χ3v) is 1.07. The number of carbonyl (C=O) groups is 2. The Kier molecular flexibility index (Phi) is 10.0. The fourth-order valence-corrected chi connectivity index (χ4v) is 0.503. The Balaban J connectivity index is 0. The second-order valence-corrected chi connectivity index (χ2v) is 2.07. The molecule has 7 heteroatoms. The molecule has 0 unspecified atom stereocenters. The Bertz CT molecular complexity index is 293. The van der Waals surface area contributed by atoms with E-state index in [4.69, 9.17) is 25.5 Å². The third-order valence-electron chi connectivity index (χ3n) is 1.07. The number of carboxylic acids is 2. The standard InChI is InChI=1S/C6H7N2.C2H2O4.Pt/c7-5-6-3-1-2-4-8-6;3-1(4)2(5)6;/h1-4,7H,5H2;(H,3,4)(H,5,6);/q-1;;+2/p-2. The average molecular weight is 390 g/mol. The number of nitrogens with one attached hydrogen (secondary N) is 1. The zero-order valence-electron chi connectivity index (χ0n) is 7.41. The molecule has 0 saturated carbocycles. The smallest absolute Gasteiger partial charge is 0.672 e. The molecule has 0 atom stereocenters. The van der Waals surface area contributed by atoms with Gasteiger partial charge in [0.15, 0.2) is 0 Å². The first-order chi connectivity index (χ1) is 6.57. The molecule has 15 heavy (non-hydrogen) atoms. The van der Waals surface area contributed by atoms with E-state index in [0.717, 1.165) is 5.69 Å². The van der Waals surface area contributed by atoms with Gasteiger partial charge in [-0.05, 0) is 12.1 Å². The third kappa shape index (κ3) is 9.05. The molecule has 0 amide bonds. The number of nitrogens with zero attached hydrogens (tertiary/aromatic N) is 1. The summed E-state index contributed by atoms with van der Waals surface area (Å²) in [5, 5.41) is 17.9. The van der Waals surface area contributed by atoms with Crippen LogP contribution in [0.15, 0.2) is 24.4 Å². The molecular formula is C8H7N2O4Pt-. The summed E-state index contributed by atoms with van der Waals surface area (Å²) in [6.45, 7) is 0.279. The van der Waals surface area contributed by atoms with Gasteiger partial charge >= 0.3 is 21.1 Å². The first-order valence-electron chi connectivity index (χ1n) is 3.54. The van der Waals surface area contributed by atoms with Crippen LogP contribution >= 0.6 is 0 Å². The van der Waals surface area contributed by atoms with Gasteiger partial charge < -0.3 is 25.5 Å². The van der Waals surface area contributed by atoms with Crippen LogP contribution in [0.3, 0.4) is 0 Å². The molecule has 1 N–H and O–H groups in total. The maximum atomic E-state index is 8.93. The van der Waals surface area contributed by atoms with E-state index in [2.05, 4.69) is 4.98 Å². The number of hydrogen-bond acceptors (Lipinski definition) is 5. The molecule has 0 aliphatic heterocycles. The number of carboxylic acid groups (broad SMARTS) is 2. The summed E-state index contributed by atoms with van der Waals surface area (Å²) < 4.78 is 0. The van der Waals surface area contributed by atoms with Crippen molar-refractivity contribution in [2.45, 2.75) is 6.54 Å². The van der Waals surface area contributed by atoms with Crippen molar-refractivity contribution in [3.63, 3.8) is 0 Å². The summed E-state index contributed by atoms with van der Waals surface area (Å²) in [4.78, 5) is 21.8. The second-order valence-electron chi connectivity index (χ2n) is 2.07. The average Bonchev–Trinajstić information content (AvgIpc) is 2.20. The summed E-state index contributed by atoms with van der Waals surface area (Å²) in [5.74, 6) is -4.37. The predicted octanol–water partition coefficient (Wildman–Crippen LogP) is -1.88. The summed E-state index contributed by atoms with van der Waals surface area (Å²) in [6.07, 6.45) is 1.70. The molecular weight excluding hydrogens is 383 g/mol. The van der Waals surface area contributed by atoms with Gasteiger partial charge in [-0.3, -0.25) is 4.98 Å². The van der Waals surface area contributed by atoms with Crippen molar-refractivity contribution < 1.29 is 40.9 Å². The summed E-state index contributed by atoms with van der Waals surface area (Å²) in [6, 6.07) is 5.57. The molecule has 0 bridgehead atoms. The van der Waals surface area contributed by atoms with Crippen LogP contribution in [0.2, 0.25) is 0 Å². The second kappa shape index (κ2) is 9.30. The normalized spacial score (nSPS) is 7.80. The van der Waals surface area contributed by atoms with E-state index in [1.807, 2.05) is 18.2 Å². The number of carbonyl (C=O) groups excluding carboxylic acids is 2. The van der Waals surface area contributed by atoms with E-state index in [-0.39, 0.29) is 27.6 Å². The zero-order chi connectivity index (χ0) is 11.0. The Morgan fingerprint density at radius 2 is 1.80 bits per heavy atom. The Labute approximate surface area is 100 Å². The van der Waals surface area contributed by atoms with Gasteiger partial charge in [0.05, 0.1) is 11.9 Å². The van der Waals surface area contributed by atoms with Crippen molar-refractivity contribution in [1.29, 1.82) is 0 Å². The number of hydrogen-bond donors (Lipinski definition) is 0. The van der Waals surface area contributed by atoms with Gasteiger partial charge in [-0.1, -0.05) is 6.07 Å². The number of pyridine rings is 1.